The van der Waals surface area contributed by atoms with Crippen LogP contribution in [0.4, 0.5) is 0 Å². The maximum absolute atomic E-state index is 12.0. The molecule has 1 atom stereocenters. The van der Waals surface area contributed by atoms with Gasteiger partial charge in [0, 0.05) is 0 Å². The summed E-state index contributed by atoms with van der Waals surface area (Å²) in [6.45, 7) is 1.81. The van der Waals surface area contributed by atoms with Crippen LogP contribution < -0.4 is 14.8 Å². The summed E-state index contributed by atoms with van der Waals surface area (Å²) in [6, 6.07) is 4.93. The first-order valence-corrected chi connectivity index (χ1v) is 5.07. The lowest BCUT2D eigenvalue weighted by Gasteiger charge is -2.13. The van der Waals surface area contributed by atoms with Gasteiger partial charge in [-0.1, -0.05) is 0 Å². The van der Waals surface area contributed by atoms with Gasteiger partial charge in [-0.3, -0.25) is 4.79 Å². The number of methoxy groups -OCH3 is 2. The highest BCUT2D eigenvalue weighted by Crippen LogP contribution is 2.25. The Labute approximate surface area is 95.6 Å². The highest BCUT2D eigenvalue weighted by Gasteiger charge is 2.18. The predicted octanol–water partition coefficient (Wildman–Crippen LogP) is 1.49. The molecule has 1 aromatic rings. The summed E-state index contributed by atoms with van der Waals surface area (Å²) in [5.74, 6) is 1.19. The molecule has 1 N–H and O–H groups in total. The van der Waals surface area contributed by atoms with E-state index in [0.29, 0.717) is 17.1 Å². The van der Waals surface area contributed by atoms with Crippen molar-refractivity contribution in [3.8, 4) is 11.5 Å². The second-order valence-corrected chi connectivity index (χ2v) is 3.44. The van der Waals surface area contributed by atoms with E-state index in [1.165, 1.54) is 0 Å². The van der Waals surface area contributed by atoms with Crippen molar-refractivity contribution in [2.45, 2.75) is 13.0 Å². The molecular weight excluding hydrogens is 206 g/mol. The third kappa shape index (κ3) is 2.52. The first-order chi connectivity index (χ1) is 7.63. The molecule has 0 amide bonds. The minimum atomic E-state index is -0.249. The van der Waals surface area contributed by atoms with Crippen molar-refractivity contribution < 1.29 is 14.3 Å². The molecule has 0 aromatic heterocycles. The van der Waals surface area contributed by atoms with Gasteiger partial charge < -0.3 is 14.8 Å². The number of hydrogen-bond acceptors (Lipinski definition) is 4. The Balaban J connectivity index is 3.13. The van der Waals surface area contributed by atoms with E-state index in [-0.39, 0.29) is 11.8 Å². The van der Waals surface area contributed by atoms with E-state index in [1.54, 1.807) is 46.4 Å². The fraction of sp³-hybridized carbons (Fsp3) is 0.417. The highest BCUT2D eigenvalue weighted by molar-refractivity contribution is 6.02. The molecule has 4 heteroatoms. The molecule has 0 saturated heterocycles. The largest absolute Gasteiger partial charge is 0.497 e. The Hall–Kier alpha value is -1.55. The molecule has 88 valence electrons. The summed E-state index contributed by atoms with van der Waals surface area (Å²) in [6.07, 6.45) is 0. The van der Waals surface area contributed by atoms with E-state index in [0.717, 1.165) is 0 Å². The minimum Gasteiger partial charge on any atom is -0.497 e. The van der Waals surface area contributed by atoms with Crippen LogP contribution >= 0.6 is 0 Å². The van der Waals surface area contributed by atoms with Gasteiger partial charge >= 0.3 is 0 Å². The van der Waals surface area contributed by atoms with Gasteiger partial charge in [0.2, 0.25) is 0 Å². The van der Waals surface area contributed by atoms with Gasteiger partial charge in [0.05, 0.1) is 25.8 Å². The number of benzene rings is 1. The molecule has 0 aliphatic rings. The number of rotatable bonds is 5. The molecule has 0 aliphatic carbocycles. The molecule has 0 aliphatic heterocycles. The topological polar surface area (TPSA) is 47.6 Å². The first kappa shape index (κ1) is 12.5. The Kier molecular flexibility index (Phi) is 4.31. The van der Waals surface area contributed by atoms with Crippen LogP contribution in [0.5, 0.6) is 11.5 Å². The van der Waals surface area contributed by atoms with E-state index in [4.69, 9.17) is 9.47 Å². The summed E-state index contributed by atoms with van der Waals surface area (Å²) in [5.41, 5.74) is 0.531. The lowest BCUT2D eigenvalue weighted by Crippen LogP contribution is -2.31. The average Bonchev–Trinajstić information content (AvgIpc) is 2.35. The Morgan fingerprint density at radius 2 is 2.00 bits per heavy atom. The van der Waals surface area contributed by atoms with Crippen molar-refractivity contribution >= 4 is 5.78 Å². The number of ketones is 1. The zero-order valence-electron chi connectivity index (χ0n) is 10.0. The van der Waals surface area contributed by atoms with Crippen LogP contribution in [0.25, 0.3) is 0 Å². The summed E-state index contributed by atoms with van der Waals surface area (Å²) >= 11 is 0. The minimum absolute atomic E-state index is 0.0155. The zero-order valence-corrected chi connectivity index (χ0v) is 10.0. The standard InChI is InChI=1S/C12H17NO3/c1-8(13-2)12(14)10-7-9(15-3)5-6-11(10)16-4/h5-8,13H,1-4H3. The Bertz CT molecular complexity index is 377. The predicted molar refractivity (Wildman–Crippen MR) is 62.4 cm³/mol. The average molecular weight is 223 g/mol. The fourth-order valence-electron chi connectivity index (χ4n) is 1.37. The molecule has 0 fully saturated rings. The van der Waals surface area contributed by atoms with Crippen LogP contribution in [0.2, 0.25) is 0 Å². The molecule has 0 spiro atoms. The number of nitrogens with one attached hydrogen (secondary N) is 1. The molecule has 1 aromatic carbocycles. The number of carbonyl (C=O) groups is 1. The van der Waals surface area contributed by atoms with Gasteiger partial charge in [-0.15, -0.1) is 0 Å². The molecule has 0 saturated carbocycles. The second-order valence-electron chi connectivity index (χ2n) is 3.44. The van der Waals surface area contributed by atoms with E-state index >= 15 is 0 Å². The van der Waals surface area contributed by atoms with Crippen LogP contribution in [-0.4, -0.2) is 33.1 Å². The first-order valence-electron chi connectivity index (χ1n) is 5.07. The zero-order chi connectivity index (χ0) is 12.1. The summed E-state index contributed by atoms with van der Waals surface area (Å²) < 4.78 is 10.2. The summed E-state index contributed by atoms with van der Waals surface area (Å²) in [4.78, 5) is 12.0. The Morgan fingerprint density at radius 1 is 1.31 bits per heavy atom. The number of hydrogen-bond donors (Lipinski definition) is 1. The second kappa shape index (κ2) is 5.51. The number of likely N-dealkylation sites (N-methyl/N-ethyl adjacent to an activating group) is 1. The molecule has 0 radical (unpaired) electrons. The van der Waals surface area contributed by atoms with Crippen LogP contribution in [0.1, 0.15) is 17.3 Å². The maximum atomic E-state index is 12.0. The molecule has 1 rings (SSSR count). The normalized spacial score (nSPS) is 12.0. The van der Waals surface area contributed by atoms with Crippen molar-refractivity contribution in [1.82, 2.24) is 5.32 Å². The van der Waals surface area contributed by atoms with E-state index in [2.05, 4.69) is 5.32 Å². The molecule has 16 heavy (non-hydrogen) atoms. The molecule has 0 heterocycles. The van der Waals surface area contributed by atoms with Gasteiger partial charge in [-0.2, -0.15) is 0 Å². The third-order valence-electron chi connectivity index (χ3n) is 2.50. The monoisotopic (exact) mass is 223 g/mol. The van der Waals surface area contributed by atoms with Gasteiger partial charge in [0.25, 0.3) is 0 Å². The highest BCUT2D eigenvalue weighted by atomic mass is 16.5. The molecule has 1 unspecified atom stereocenters. The molecule has 0 bridgehead atoms. The fourth-order valence-corrected chi connectivity index (χ4v) is 1.37. The lowest BCUT2D eigenvalue weighted by atomic mass is 10.0. The van der Waals surface area contributed by atoms with Crippen molar-refractivity contribution in [2.24, 2.45) is 0 Å². The van der Waals surface area contributed by atoms with E-state index < -0.39 is 0 Å². The number of ether oxygens (including phenoxy) is 2. The van der Waals surface area contributed by atoms with E-state index in [9.17, 15) is 4.79 Å². The van der Waals surface area contributed by atoms with Crippen LogP contribution in [0, 0.1) is 0 Å². The van der Waals surface area contributed by atoms with Crippen molar-refractivity contribution in [1.29, 1.82) is 0 Å². The van der Waals surface area contributed by atoms with Crippen molar-refractivity contribution in [3.05, 3.63) is 23.8 Å². The Morgan fingerprint density at radius 3 is 2.50 bits per heavy atom. The van der Waals surface area contributed by atoms with Crippen LogP contribution in [0.3, 0.4) is 0 Å². The molecular formula is C12H17NO3. The smallest absolute Gasteiger partial charge is 0.183 e. The quantitative estimate of drug-likeness (QED) is 0.768. The van der Waals surface area contributed by atoms with Gasteiger partial charge in [0.15, 0.2) is 5.78 Å². The SMILES string of the molecule is CNC(C)C(=O)c1cc(OC)ccc1OC. The number of carbonyl (C=O) groups excluding carboxylic acids is 1. The maximum Gasteiger partial charge on any atom is 0.183 e. The van der Waals surface area contributed by atoms with Crippen LogP contribution in [-0.2, 0) is 0 Å². The van der Waals surface area contributed by atoms with Crippen LogP contribution in [0.15, 0.2) is 18.2 Å². The van der Waals surface area contributed by atoms with Gasteiger partial charge in [-0.05, 0) is 32.2 Å². The summed E-state index contributed by atoms with van der Waals surface area (Å²) in [7, 11) is 4.86. The molecule has 4 nitrogen and oxygen atoms in total. The van der Waals surface area contributed by atoms with E-state index in [1.807, 2.05) is 0 Å². The summed E-state index contributed by atoms with van der Waals surface area (Å²) in [5, 5.41) is 2.91. The van der Waals surface area contributed by atoms with Crippen molar-refractivity contribution in [3.63, 3.8) is 0 Å². The number of Topliss-reactive ketones (excluding diaryl/α,β-unsaturated/α-hetero) is 1. The lowest BCUT2D eigenvalue weighted by molar-refractivity contribution is 0.0951. The van der Waals surface area contributed by atoms with Gasteiger partial charge in [-0.25, -0.2) is 0 Å². The third-order valence-corrected chi connectivity index (χ3v) is 2.50. The van der Waals surface area contributed by atoms with Gasteiger partial charge in [0.1, 0.15) is 11.5 Å². The van der Waals surface area contributed by atoms with Crippen molar-refractivity contribution in [2.75, 3.05) is 21.3 Å².